The van der Waals surface area contributed by atoms with Crippen molar-refractivity contribution in [2.45, 2.75) is 334 Å². The summed E-state index contributed by atoms with van der Waals surface area (Å²) in [5, 5.41) is 11.8. The molecule has 0 spiro atoms. The minimum absolute atomic E-state index is 0.137. The van der Waals surface area contributed by atoms with Gasteiger partial charge in [-0.15, -0.1) is 0 Å². The predicted octanol–water partition coefficient (Wildman–Crippen LogP) is 23.7. The molecule has 0 aromatic carbocycles. The third-order valence-electron chi connectivity index (χ3n) is 16.6. The topological polar surface area (TPSA) is 111 Å². The van der Waals surface area contributed by atoms with Gasteiger partial charge in [0, 0.05) is 12.8 Å². The molecule has 0 saturated heterocycles. The van der Waals surface area contributed by atoms with Crippen LogP contribution < -0.4 is 5.11 Å². The third-order valence-corrected chi connectivity index (χ3v) is 16.6. The molecule has 0 bridgehead atoms. The molecule has 0 aliphatic carbocycles. The molecule has 0 aliphatic rings. The number of hydrogen-bond donors (Lipinski definition) is 0. The van der Waals surface area contributed by atoms with E-state index in [1.807, 2.05) is 21.1 Å². The van der Waals surface area contributed by atoms with Crippen LogP contribution in [0.25, 0.3) is 0 Å². The van der Waals surface area contributed by atoms with Crippen molar-refractivity contribution in [1.82, 2.24) is 0 Å². The van der Waals surface area contributed by atoms with Crippen LogP contribution in [-0.4, -0.2) is 82.3 Å². The van der Waals surface area contributed by atoms with E-state index < -0.39 is 24.3 Å². The van der Waals surface area contributed by atoms with Crippen molar-refractivity contribution in [1.29, 1.82) is 0 Å². The van der Waals surface area contributed by atoms with Gasteiger partial charge in [0.25, 0.3) is 0 Å². The second-order valence-corrected chi connectivity index (χ2v) is 26.9. The first-order valence-electron chi connectivity index (χ1n) is 39.0. The summed E-state index contributed by atoms with van der Waals surface area (Å²) < 4.78 is 22.8. The van der Waals surface area contributed by atoms with Crippen molar-refractivity contribution in [3.63, 3.8) is 0 Å². The number of quaternary nitrogens is 1. The van der Waals surface area contributed by atoms with Gasteiger partial charge in [-0.05, 0) is 116 Å². The highest BCUT2D eigenvalue weighted by atomic mass is 16.7. The van der Waals surface area contributed by atoms with Crippen LogP contribution in [0.5, 0.6) is 0 Å². The van der Waals surface area contributed by atoms with Gasteiger partial charge in [-0.25, -0.2) is 0 Å². The fraction of sp³-hybridized carbons (Fsp3) is 0.686. The molecule has 9 heteroatoms. The molecule has 9 nitrogen and oxygen atoms in total. The maximum absolute atomic E-state index is 12.9. The van der Waals surface area contributed by atoms with Crippen LogP contribution in [0.4, 0.5) is 0 Å². The van der Waals surface area contributed by atoms with E-state index in [2.05, 4.69) is 160 Å². The van der Waals surface area contributed by atoms with Gasteiger partial charge in [-0.1, -0.05) is 339 Å². The van der Waals surface area contributed by atoms with E-state index in [1.54, 1.807) is 0 Å². The summed E-state index contributed by atoms with van der Waals surface area (Å²) in [5.74, 6) is -2.32. The monoisotopic (exact) mass is 1320 g/mol. The Morgan fingerprint density at radius 2 is 0.568 bits per heavy atom. The summed E-state index contributed by atoms with van der Waals surface area (Å²) in [6, 6.07) is 0. The van der Waals surface area contributed by atoms with Crippen molar-refractivity contribution >= 4 is 17.9 Å². The van der Waals surface area contributed by atoms with Gasteiger partial charge in [0.1, 0.15) is 13.2 Å². The number of carboxylic acid groups (broad SMARTS) is 1. The average molecular weight is 1320 g/mol. The lowest BCUT2D eigenvalue weighted by molar-refractivity contribution is -0.870. The van der Waals surface area contributed by atoms with Crippen molar-refractivity contribution < 1.29 is 42.9 Å². The summed E-state index contributed by atoms with van der Waals surface area (Å²) in [6.45, 7) is 4.51. The lowest BCUT2D eigenvalue weighted by Gasteiger charge is -2.26. The van der Waals surface area contributed by atoms with Gasteiger partial charge in [0.05, 0.1) is 40.3 Å². The lowest BCUT2D eigenvalue weighted by atomic mass is 10.0. The second-order valence-electron chi connectivity index (χ2n) is 26.9. The highest BCUT2D eigenvalue weighted by Crippen LogP contribution is 2.18. The fourth-order valence-electron chi connectivity index (χ4n) is 10.7. The molecular weight excluding hydrogens is 1170 g/mol. The van der Waals surface area contributed by atoms with Crippen molar-refractivity contribution in [2.75, 3.05) is 47.5 Å². The van der Waals surface area contributed by atoms with E-state index in [9.17, 15) is 19.5 Å². The lowest BCUT2D eigenvalue weighted by Crippen LogP contribution is -2.44. The van der Waals surface area contributed by atoms with Gasteiger partial charge in [0.2, 0.25) is 0 Å². The largest absolute Gasteiger partial charge is 0.545 e. The second kappa shape index (κ2) is 75.0. The van der Waals surface area contributed by atoms with Crippen molar-refractivity contribution in [3.05, 3.63) is 146 Å². The molecule has 0 saturated carbocycles. The number of hydrogen-bond acceptors (Lipinski definition) is 8. The normalized spacial score (nSPS) is 13.5. The number of esters is 2. The number of nitrogens with zero attached hydrogens (tertiary/aromatic N) is 1. The van der Waals surface area contributed by atoms with Gasteiger partial charge in [0.15, 0.2) is 12.4 Å². The molecule has 0 aromatic rings. The molecule has 0 amide bonds. The molecule has 542 valence electrons. The Hall–Kier alpha value is -4.83. The highest BCUT2D eigenvalue weighted by Gasteiger charge is 2.22. The summed E-state index contributed by atoms with van der Waals surface area (Å²) in [6.07, 6.45) is 107. The van der Waals surface area contributed by atoms with Gasteiger partial charge in [-0.2, -0.15) is 0 Å². The van der Waals surface area contributed by atoms with E-state index in [1.165, 1.54) is 167 Å². The first kappa shape index (κ1) is 90.2. The molecular formula is C86H145NO8. The number of allylic oxidation sites excluding steroid dienone is 24. The molecule has 2 atom stereocenters. The van der Waals surface area contributed by atoms with Crippen LogP contribution in [0.1, 0.15) is 322 Å². The number of aliphatic carboxylic acids is 1. The molecule has 0 aliphatic heterocycles. The van der Waals surface area contributed by atoms with Crippen molar-refractivity contribution in [2.24, 2.45) is 0 Å². The van der Waals surface area contributed by atoms with E-state index in [-0.39, 0.29) is 38.6 Å². The third kappa shape index (κ3) is 76.4. The van der Waals surface area contributed by atoms with Crippen LogP contribution in [0, 0.1) is 0 Å². The molecule has 0 fully saturated rings. The summed E-state index contributed by atoms with van der Waals surface area (Å²) >= 11 is 0. The van der Waals surface area contributed by atoms with Gasteiger partial charge in [-0.3, -0.25) is 9.59 Å². The van der Waals surface area contributed by atoms with Crippen molar-refractivity contribution in [3.8, 4) is 0 Å². The summed E-state index contributed by atoms with van der Waals surface area (Å²) in [7, 11) is 5.92. The van der Waals surface area contributed by atoms with Crippen LogP contribution in [0.3, 0.4) is 0 Å². The zero-order valence-corrected chi connectivity index (χ0v) is 62.0. The van der Waals surface area contributed by atoms with E-state index in [0.29, 0.717) is 17.4 Å². The first-order chi connectivity index (χ1) is 46.6. The Morgan fingerprint density at radius 3 is 0.842 bits per heavy atom. The van der Waals surface area contributed by atoms with E-state index in [4.69, 9.17) is 18.9 Å². The Morgan fingerprint density at radius 1 is 0.316 bits per heavy atom. The molecule has 0 rings (SSSR count). The summed E-state index contributed by atoms with van der Waals surface area (Å²) in [4.78, 5) is 37.6. The number of ether oxygens (including phenoxy) is 4. The quantitative estimate of drug-likeness (QED) is 0.0195. The summed E-state index contributed by atoms with van der Waals surface area (Å²) in [5.41, 5.74) is 0. The molecule has 95 heavy (non-hydrogen) atoms. The molecule has 0 heterocycles. The van der Waals surface area contributed by atoms with Crippen LogP contribution in [0.15, 0.2) is 146 Å². The number of carbonyl (C=O) groups excluding carboxylic acids is 3. The van der Waals surface area contributed by atoms with E-state index in [0.717, 1.165) is 122 Å². The van der Waals surface area contributed by atoms with Gasteiger partial charge < -0.3 is 33.3 Å². The number of carboxylic acids is 1. The van der Waals surface area contributed by atoms with Crippen LogP contribution in [-0.2, 0) is 33.3 Å². The SMILES string of the molecule is CC/C=C\C/C=C\C/C=C\C/C=C\C/C=C\C/C=C\C/C=C\C/C=C\CCCCCCC(=O)OC(COC(=O)CCCCCCCCCCCCCCCCCCCCCCCCCCCCCC/C=C\C/C=C\C/C=C\C/C=C\CC)COC(OCC[N+](C)(C)C)C(=O)[O-]. The zero-order valence-electron chi connectivity index (χ0n) is 62.0. The maximum atomic E-state index is 12.9. The molecule has 0 radical (unpaired) electrons. The number of unbranched alkanes of at least 4 members (excludes halogenated alkanes) is 32. The maximum Gasteiger partial charge on any atom is 0.306 e. The molecule has 0 N–H and O–H groups in total. The Kier molecular flexibility index (Phi) is 71.1. The predicted molar refractivity (Wildman–Crippen MR) is 407 cm³/mol. The Balaban J connectivity index is 4.04. The Bertz CT molecular complexity index is 2080. The number of carbonyl (C=O) groups is 3. The standard InChI is InChI=1S/C86H145NO8/c1-6-8-10-12-14-16-18-20-22-24-26-28-30-32-34-36-37-38-39-40-41-42-43-44-45-46-47-49-50-52-54-56-58-60-62-64-66-68-70-72-74-76-83(88)93-80-82(81-94-86(85(90)91)92-79-78-87(3,4)5)95-84(89)77-75-73-71-69-67-65-63-61-59-57-55-53-51-48-35-33-31-29-27-25-23-21-19-17-15-13-11-9-7-2/h8-11,14-17,20-23,26-29,33,35,51,53,57,59,63,65,82,86H,6-7,12-13,18-19,24-25,30-32,34,36-50,52,54-56,58,60-62,64,66-81H2,1-5H3/b10-8-,11-9-,16-14-,17-15-,22-20-,23-21-,28-26-,29-27-,35-33-,53-51-,59-57-,65-63-. The minimum atomic E-state index is -1.64. The first-order valence-corrected chi connectivity index (χ1v) is 39.0. The fourth-order valence-corrected chi connectivity index (χ4v) is 10.7. The molecule has 0 aromatic heterocycles. The van der Waals surface area contributed by atoms with Crippen LogP contribution >= 0.6 is 0 Å². The Labute approximate surface area is 585 Å². The molecule has 2 unspecified atom stereocenters. The van der Waals surface area contributed by atoms with E-state index >= 15 is 0 Å². The number of likely N-dealkylation sites (N-methyl/N-ethyl adjacent to an activating group) is 1. The van der Waals surface area contributed by atoms with Crippen LogP contribution in [0.2, 0.25) is 0 Å². The zero-order chi connectivity index (χ0) is 69.0. The minimum Gasteiger partial charge on any atom is -0.545 e. The smallest absolute Gasteiger partial charge is 0.306 e. The average Bonchev–Trinajstić information content (AvgIpc) is 2.86. The highest BCUT2D eigenvalue weighted by molar-refractivity contribution is 5.70. The van der Waals surface area contributed by atoms with Gasteiger partial charge >= 0.3 is 11.9 Å². The number of rotatable bonds is 71.